The Morgan fingerprint density at radius 1 is 0.534 bits per heavy atom. The number of likely N-dealkylation sites (N-methyl/N-ethyl adjacent to an activating group) is 2. The van der Waals surface area contributed by atoms with Crippen LogP contribution in [-0.2, 0) is 35.0 Å². The lowest BCUT2D eigenvalue weighted by atomic mass is 9.96. The lowest BCUT2D eigenvalue weighted by Gasteiger charge is -2.45. The maximum absolute atomic E-state index is 13.0. The summed E-state index contributed by atoms with van der Waals surface area (Å²) in [6.45, 7) is 1.61. The maximum atomic E-state index is 13.0. The van der Waals surface area contributed by atoms with E-state index in [-0.39, 0.29) is 12.1 Å². The van der Waals surface area contributed by atoms with E-state index in [1.54, 1.807) is 0 Å². The Labute approximate surface area is 342 Å². The maximum Gasteiger partial charge on any atom is 0.159 e. The van der Waals surface area contributed by atoms with Crippen molar-refractivity contribution in [3.63, 3.8) is 0 Å². The van der Waals surface area contributed by atoms with Gasteiger partial charge in [0.2, 0.25) is 0 Å². The fourth-order valence-electron chi connectivity index (χ4n) is 9.62. The van der Waals surface area contributed by atoms with Crippen molar-refractivity contribution in [2.75, 3.05) is 41.3 Å². The van der Waals surface area contributed by atoms with E-state index in [9.17, 15) is 9.59 Å². The largest absolute Gasteiger partial charge is 0.336 e. The van der Waals surface area contributed by atoms with E-state index in [0.717, 1.165) is 108 Å². The highest BCUT2D eigenvalue weighted by Crippen LogP contribution is 2.44. The molecule has 2 saturated heterocycles. The minimum atomic E-state index is -0.889. The highest BCUT2D eigenvalue weighted by molar-refractivity contribution is 5.72. The minimum Gasteiger partial charge on any atom is -0.336 e. The van der Waals surface area contributed by atoms with Gasteiger partial charge in [0, 0.05) is 50.7 Å². The summed E-state index contributed by atoms with van der Waals surface area (Å²) in [5, 5.41) is 0. The van der Waals surface area contributed by atoms with Crippen molar-refractivity contribution >= 4 is 12.6 Å². The number of benzene rings is 4. The highest BCUT2D eigenvalue weighted by atomic mass is 16.1. The summed E-state index contributed by atoms with van der Waals surface area (Å²) in [6.07, 6.45) is 10.2. The Kier molecular flexibility index (Phi) is 10.9. The van der Waals surface area contributed by atoms with E-state index in [1.165, 1.54) is 0 Å². The predicted molar refractivity (Wildman–Crippen MR) is 229 cm³/mol. The third-order valence-electron chi connectivity index (χ3n) is 12.6. The van der Waals surface area contributed by atoms with E-state index in [2.05, 4.69) is 94.0 Å². The number of carbonyl (C=O) groups is 2. The van der Waals surface area contributed by atoms with E-state index >= 15 is 0 Å². The second kappa shape index (κ2) is 16.0. The van der Waals surface area contributed by atoms with E-state index in [1.807, 2.05) is 98.7 Å². The molecular weight excluding hydrogens is 721 g/mol. The lowest BCUT2D eigenvalue weighted by molar-refractivity contribution is -0.134. The van der Waals surface area contributed by atoms with Crippen LogP contribution in [0.15, 0.2) is 122 Å². The van der Waals surface area contributed by atoms with Crippen LogP contribution in [0.4, 0.5) is 0 Å². The van der Waals surface area contributed by atoms with Gasteiger partial charge in [-0.2, -0.15) is 0 Å². The van der Waals surface area contributed by atoms with Crippen LogP contribution in [0.2, 0.25) is 0 Å². The third kappa shape index (κ3) is 6.63. The summed E-state index contributed by atoms with van der Waals surface area (Å²) in [5.74, 6) is 1.93. The monoisotopic (exact) mass is 774 g/mol. The molecule has 2 unspecified atom stereocenters. The smallest absolute Gasteiger partial charge is 0.159 e. The Morgan fingerprint density at radius 2 is 0.879 bits per heavy atom. The molecule has 0 amide bonds. The molecule has 4 heterocycles. The Morgan fingerprint density at radius 3 is 1.21 bits per heavy atom. The summed E-state index contributed by atoms with van der Waals surface area (Å²) >= 11 is 0. The molecule has 2 fully saturated rings. The first-order valence-corrected chi connectivity index (χ1v) is 20.3. The fraction of sp³-hybridized carbons (Fsp3) is 0.333. The van der Waals surface area contributed by atoms with Crippen molar-refractivity contribution in [2.24, 2.45) is 14.1 Å². The standard InChI is InChI=1S/C48H54N8O2/c1-51(2)47(33-57,39-15-9-7-10-16-39)55-29-13-19-43(55)45-49-41(31-53(45)5)37-25-21-35(22-26-37)36-23-27-38(28-24-36)42-32-54(6)46(50-42)44-20-14-30-56(44)48(34-58,52(3)4)40-17-11-8-12-18-40/h7-12,15-18,21-28,31-34,43-44H,13-14,19-20,29-30H2,1-6H3/t43-,44-,47?,48?/m0/s1. The number of imidazole rings is 2. The number of likely N-dealkylation sites (tertiary alicyclic amines) is 2. The van der Waals surface area contributed by atoms with Gasteiger partial charge < -0.3 is 9.13 Å². The molecule has 2 aliphatic rings. The zero-order chi connectivity index (χ0) is 40.6. The van der Waals surface area contributed by atoms with Gasteiger partial charge in [0.05, 0.1) is 23.5 Å². The molecule has 0 N–H and O–H groups in total. The van der Waals surface area contributed by atoms with Crippen molar-refractivity contribution in [1.82, 2.24) is 38.7 Å². The number of carbonyl (C=O) groups excluding carboxylic acids is 2. The van der Waals surface area contributed by atoms with Gasteiger partial charge in [0.25, 0.3) is 0 Å². The molecule has 8 rings (SSSR count). The molecule has 298 valence electrons. The van der Waals surface area contributed by atoms with Crippen molar-refractivity contribution in [3.8, 4) is 33.6 Å². The molecular formula is C48H54N8O2. The Hall–Kier alpha value is -5.52. The molecule has 2 aliphatic heterocycles. The molecule has 4 aromatic carbocycles. The topological polar surface area (TPSA) is 82.7 Å². The number of aromatic nitrogens is 4. The van der Waals surface area contributed by atoms with Crippen LogP contribution in [0, 0.1) is 0 Å². The zero-order valence-corrected chi connectivity index (χ0v) is 34.5. The second-order valence-corrected chi connectivity index (χ2v) is 16.3. The molecule has 2 aromatic heterocycles. The summed E-state index contributed by atoms with van der Waals surface area (Å²) in [7, 11) is 12.0. The SMILES string of the molecule is CN(C)C(C=O)(c1ccccc1)N1CCC[C@H]1c1nc(-c2ccc(-c3ccc(-c4cn(C)c([C@@H]5CCCN5C(C=O)(c5ccccc5)N(C)C)n4)cc3)cc2)cn1C. The molecule has 0 spiro atoms. The molecule has 10 heteroatoms. The second-order valence-electron chi connectivity index (χ2n) is 16.3. The average molecular weight is 775 g/mol. The normalized spacial score (nSPS) is 19.7. The van der Waals surface area contributed by atoms with Crippen LogP contribution in [0.1, 0.15) is 60.5 Å². The van der Waals surface area contributed by atoms with Gasteiger partial charge in [-0.3, -0.25) is 29.2 Å². The number of aldehydes is 2. The van der Waals surface area contributed by atoms with Crippen molar-refractivity contribution in [2.45, 2.75) is 49.1 Å². The number of hydrogen-bond donors (Lipinski definition) is 0. The van der Waals surface area contributed by atoms with E-state index < -0.39 is 11.3 Å². The van der Waals surface area contributed by atoms with Crippen molar-refractivity contribution in [1.29, 1.82) is 0 Å². The fourth-order valence-corrected chi connectivity index (χ4v) is 9.62. The number of nitrogens with zero attached hydrogens (tertiary/aromatic N) is 8. The zero-order valence-electron chi connectivity index (χ0n) is 34.5. The quantitative estimate of drug-likeness (QED) is 0.111. The molecule has 0 bridgehead atoms. The van der Waals surface area contributed by atoms with E-state index in [4.69, 9.17) is 9.97 Å². The average Bonchev–Trinajstić information content (AvgIpc) is 4.07. The highest BCUT2D eigenvalue weighted by Gasteiger charge is 2.49. The van der Waals surface area contributed by atoms with Gasteiger partial charge in [-0.1, -0.05) is 109 Å². The van der Waals surface area contributed by atoms with Crippen molar-refractivity contribution < 1.29 is 9.59 Å². The van der Waals surface area contributed by atoms with Gasteiger partial charge >= 0.3 is 0 Å². The number of aryl methyl sites for hydroxylation is 2. The first kappa shape index (κ1) is 39.3. The molecule has 4 atom stereocenters. The Balaban J connectivity index is 1.01. The molecule has 6 aromatic rings. The molecule has 10 nitrogen and oxygen atoms in total. The van der Waals surface area contributed by atoms with E-state index in [0.29, 0.717) is 0 Å². The summed E-state index contributed by atoms with van der Waals surface area (Å²) in [6, 6.07) is 37.3. The van der Waals surface area contributed by atoms with Crippen molar-refractivity contribution in [3.05, 3.63) is 144 Å². The van der Waals surface area contributed by atoms with Gasteiger partial charge in [-0.25, -0.2) is 9.97 Å². The number of rotatable bonds is 13. The lowest BCUT2D eigenvalue weighted by Crippen LogP contribution is -2.56. The van der Waals surface area contributed by atoms with Crippen LogP contribution in [0.5, 0.6) is 0 Å². The minimum absolute atomic E-state index is 0.00568. The van der Waals surface area contributed by atoms with Crippen LogP contribution < -0.4 is 0 Å². The predicted octanol–water partition coefficient (Wildman–Crippen LogP) is 7.66. The summed E-state index contributed by atoms with van der Waals surface area (Å²) < 4.78 is 4.25. The first-order chi connectivity index (χ1) is 28.1. The summed E-state index contributed by atoms with van der Waals surface area (Å²) in [4.78, 5) is 45.2. The van der Waals surface area contributed by atoms with Crippen LogP contribution in [-0.4, -0.2) is 92.6 Å². The molecule has 0 aliphatic carbocycles. The van der Waals surface area contributed by atoms with Gasteiger partial charge in [-0.05, 0) is 76.1 Å². The molecule has 0 radical (unpaired) electrons. The third-order valence-corrected chi connectivity index (χ3v) is 12.6. The van der Waals surface area contributed by atoms with Gasteiger partial charge in [-0.15, -0.1) is 0 Å². The van der Waals surface area contributed by atoms with Gasteiger partial charge in [0.15, 0.2) is 23.9 Å². The number of hydrogen-bond acceptors (Lipinski definition) is 8. The Bertz CT molecular complexity index is 2190. The molecule has 58 heavy (non-hydrogen) atoms. The molecule has 0 saturated carbocycles. The first-order valence-electron chi connectivity index (χ1n) is 20.3. The van der Waals surface area contributed by atoms with Crippen LogP contribution in [0.25, 0.3) is 33.6 Å². The summed E-state index contributed by atoms with van der Waals surface area (Å²) in [5.41, 5.74) is 6.32. The van der Waals surface area contributed by atoms with Gasteiger partial charge in [0.1, 0.15) is 11.6 Å². The van der Waals surface area contributed by atoms with Crippen LogP contribution >= 0.6 is 0 Å². The van der Waals surface area contributed by atoms with Crippen LogP contribution in [0.3, 0.4) is 0 Å².